The summed E-state index contributed by atoms with van der Waals surface area (Å²) in [6.07, 6.45) is 1.58. The number of halogens is 2. The Morgan fingerprint density at radius 1 is 1.15 bits per heavy atom. The maximum atomic E-state index is 13.3. The van der Waals surface area contributed by atoms with Crippen molar-refractivity contribution in [1.82, 2.24) is 4.98 Å². The van der Waals surface area contributed by atoms with Crippen LogP contribution in [-0.4, -0.2) is 10.8 Å². The number of nitrogens with one attached hydrogen (secondary N) is 1. The van der Waals surface area contributed by atoms with Gasteiger partial charge in [-0.25, -0.2) is 4.39 Å². The van der Waals surface area contributed by atoms with Crippen LogP contribution in [0.1, 0.15) is 15.9 Å². The third-order valence-corrected chi connectivity index (χ3v) is 3.38. The second-order valence-corrected chi connectivity index (χ2v) is 4.89. The molecule has 1 aromatic heterocycles. The Bertz CT molecular complexity index is 826. The minimum absolute atomic E-state index is 0.144. The minimum atomic E-state index is -0.500. The van der Waals surface area contributed by atoms with Gasteiger partial charge in [0, 0.05) is 38.9 Å². The second-order valence-electron chi connectivity index (χ2n) is 4.45. The SMILES string of the molecule is Nc1ccc(F)cc1C(=O)c1c[nH]c2ccc(Cl)cc12. The van der Waals surface area contributed by atoms with Crippen molar-refractivity contribution in [2.45, 2.75) is 0 Å². The average molecular weight is 289 g/mol. The Kier molecular flexibility index (Phi) is 2.95. The zero-order chi connectivity index (χ0) is 14.3. The molecule has 0 atom stereocenters. The number of ketones is 1. The molecule has 0 radical (unpaired) electrons. The fourth-order valence-corrected chi connectivity index (χ4v) is 2.32. The second kappa shape index (κ2) is 4.65. The standard InChI is InChI=1S/C15H10ClFN2O/c16-8-1-4-14-10(5-8)12(7-19-14)15(20)11-6-9(17)2-3-13(11)18/h1-7,19H,18H2. The van der Waals surface area contributed by atoms with E-state index in [0.717, 1.165) is 11.6 Å². The van der Waals surface area contributed by atoms with E-state index in [2.05, 4.69) is 4.98 Å². The topological polar surface area (TPSA) is 58.9 Å². The summed E-state index contributed by atoms with van der Waals surface area (Å²) in [7, 11) is 0. The lowest BCUT2D eigenvalue weighted by molar-refractivity contribution is 0.104. The molecule has 0 saturated carbocycles. The van der Waals surface area contributed by atoms with Gasteiger partial charge in [-0.3, -0.25) is 4.79 Å². The highest BCUT2D eigenvalue weighted by Crippen LogP contribution is 2.26. The number of nitrogens with two attached hydrogens (primary N) is 1. The van der Waals surface area contributed by atoms with Gasteiger partial charge in [0.15, 0.2) is 5.78 Å². The Labute approximate surface area is 119 Å². The highest BCUT2D eigenvalue weighted by molar-refractivity contribution is 6.31. The lowest BCUT2D eigenvalue weighted by Gasteiger charge is -2.04. The van der Waals surface area contributed by atoms with Crippen LogP contribution >= 0.6 is 11.6 Å². The first kappa shape index (κ1) is 12.7. The van der Waals surface area contributed by atoms with Gasteiger partial charge in [-0.15, -0.1) is 0 Å². The number of fused-ring (bicyclic) bond motifs is 1. The smallest absolute Gasteiger partial charge is 0.197 e. The fraction of sp³-hybridized carbons (Fsp3) is 0. The summed E-state index contributed by atoms with van der Waals surface area (Å²) >= 11 is 5.94. The lowest BCUT2D eigenvalue weighted by atomic mass is 10.0. The molecule has 3 aromatic rings. The third-order valence-electron chi connectivity index (χ3n) is 3.15. The number of nitrogen functional groups attached to an aromatic ring is 1. The van der Waals surface area contributed by atoms with E-state index in [-0.39, 0.29) is 17.0 Å². The summed E-state index contributed by atoms with van der Waals surface area (Å²) in [6.45, 7) is 0. The van der Waals surface area contributed by atoms with E-state index in [1.165, 1.54) is 12.1 Å². The summed E-state index contributed by atoms with van der Waals surface area (Å²) in [4.78, 5) is 15.5. The first-order chi connectivity index (χ1) is 9.56. The van der Waals surface area contributed by atoms with Gasteiger partial charge in [-0.1, -0.05) is 11.6 Å². The molecule has 1 heterocycles. The molecule has 3 nitrogen and oxygen atoms in total. The van der Waals surface area contributed by atoms with Gasteiger partial charge in [0.25, 0.3) is 0 Å². The number of aromatic nitrogens is 1. The van der Waals surface area contributed by atoms with Crippen molar-refractivity contribution in [3.8, 4) is 0 Å². The van der Waals surface area contributed by atoms with E-state index in [1.807, 2.05) is 0 Å². The Balaban J connectivity index is 2.17. The number of anilines is 1. The van der Waals surface area contributed by atoms with Crippen molar-refractivity contribution in [2.24, 2.45) is 0 Å². The van der Waals surface area contributed by atoms with Gasteiger partial charge < -0.3 is 10.7 Å². The van der Waals surface area contributed by atoms with Gasteiger partial charge in [-0.05, 0) is 36.4 Å². The normalized spacial score (nSPS) is 10.9. The molecule has 2 aromatic carbocycles. The highest BCUT2D eigenvalue weighted by atomic mass is 35.5. The van der Waals surface area contributed by atoms with Crippen LogP contribution in [0.15, 0.2) is 42.6 Å². The largest absolute Gasteiger partial charge is 0.398 e. The maximum Gasteiger partial charge on any atom is 0.197 e. The summed E-state index contributed by atoms with van der Waals surface area (Å²) in [5.41, 5.74) is 7.34. The van der Waals surface area contributed by atoms with Gasteiger partial charge in [0.05, 0.1) is 0 Å². The quantitative estimate of drug-likeness (QED) is 0.557. The van der Waals surface area contributed by atoms with Crippen LogP contribution in [0, 0.1) is 5.82 Å². The Morgan fingerprint density at radius 2 is 1.95 bits per heavy atom. The fourth-order valence-electron chi connectivity index (χ4n) is 2.15. The molecule has 3 N–H and O–H groups in total. The molecule has 20 heavy (non-hydrogen) atoms. The molecule has 0 amide bonds. The number of aromatic amines is 1. The molecule has 0 saturated heterocycles. The average Bonchev–Trinajstić information content (AvgIpc) is 2.83. The number of rotatable bonds is 2. The van der Waals surface area contributed by atoms with Gasteiger partial charge in [-0.2, -0.15) is 0 Å². The zero-order valence-electron chi connectivity index (χ0n) is 10.3. The van der Waals surface area contributed by atoms with Gasteiger partial charge >= 0.3 is 0 Å². The van der Waals surface area contributed by atoms with Crippen LogP contribution in [0.3, 0.4) is 0 Å². The van der Waals surface area contributed by atoms with Crippen LogP contribution in [0.5, 0.6) is 0 Å². The first-order valence-corrected chi connectivity index (χ1v) is 6.30. The maximum absolute atomic E-state index is 13.3. The number of carbonyl (C=O) groups excluding carboxylic acids is 1. The zero-order valence-corrected chi connectivity index (χ0v) is 11.0. The minimum Gasteiger partial charge on any atom is -0.398 e. The molecule has 0 spiro atoms. The van der Waals surface area contributed by atoms with Crippen molar-refractivity contribution in [3.05, 3.63) is 64.6 Å². The number of H-pyrrole nitrogens is 1. The van der Waals surface area contributed by atoms with Crippen molar-refractivity contribution in [3.63, 3.8) is 0 Å². The van der Waals surface area contributed by atoms with Crippen LogP contribution in [0.2, 0.25) is 5.02 Å². The molecular formula is C15H10ClFN2O. The Hall–Kier alpha value is -2.33. The molecule has 5 heteroatoms. The third kappa shape index (κ3) is 2.04. The van der Waals surface area contributed by atoms with Crippen molar-refractivity contribution >= 4 is 34.0 Å². The molecular weight excluding hydrogens is 279 g/mol. The molecule has 100 valence electrons. The molecule has 0 aliphatic heterocycles. The van der Waals surface area contributed by atoms with Gasteiger partial charge in [0.1, 0.15) is 5.82 Å². The van der Waals surface area contributed by atoms with Crippen molar-refractivity contribution < 1.29 is 9.18 Å². The number of hydrogen-bond acceptors (Lipinski definition) is 2. The van der Waals surface area contributed by atoms with Crippen LogP contribution in [-0.2, 0) is 0 Å². The summed E-state index contributed by atoms with van der Waals surface area (Å²) in [5, 5.41) is 1.21. The number of hydrogen-bond donors (Lipinski definition) is 2. The summed E-state index contributed by atoms with van der Waals surface area (Å²) in [5.74, 6) is -0.837. The monoisotopic (exact) mass is 288 g/mol. The van der Waals surface area contributed by atoms with Crippen LogP contribution < -0.4 is 5.73 Å². The van der Waals surface area contributed by atoms with E-state index in [1.54, 1.807) is 24.4 Å². The lowest BCUT2D eigenvalue weighted by Crippen LogP contribution is -2.05. The van der Waals surface area contributed by atoms with E-state index >= 15 is 0 Å². The predicted molar refractivity (Wildman–Crippen MR) is 77.6 cm³/mol. The Morgan fingerprint density at radius 3 is 2.75 bits per heavy atom. The van der Waals surface area contributed by atoms with E-state index < -0.39 is 5.82 Å². The van der Waals surface area contributed by atoms with E-state index in [4.69, 9.17) is 17.3 Å². The van der Waals surface area contributed by atoms with Crippen molar-refractivity contribution in [2.75, 3.05) is 5.73 Å². The molecule has 0 aliphatic rings. The summed E-state index contributed by atoms with van der Waals surface area (Å²) < 4.78 is 13.3. The summed E-state index contributed by atoms with van der Waals surface area (Å²) in [6, 6.07) is 8.94. The predicted octanol–water partition coefficient (Wildman–Crippen LogP) is 3.77. The first-order valence-electron chi connectivity index (χ1n) is 5.92. The molecule has 0 bridgehead atoms. The molecule has 3 rings (SSSR count). The van der Waals surface area contributed by atoms with Crippen LogP contribution in [0.25, 0.3) is 10.9 Å². The van der Waals surface area contributed by atoms with E-state index in [0.29, 0.717) is 16.0 Å². The van der Waals surface area contributed by atoms with E-state index in [9.17, 15) is 9.18 Å². The number of carbonyl (C=O) groups is 1. The molecule has 0 aliphatic carbocycles. The van der Waals surface area contributed by atoms with Crippen molar-refractivity contribution in [1.29, 1.82) is 0 Å². The highest BCUT2D eigenvalue weighted by Gasteiger charge is 2.17. The molecule has 0 unspecified atom stereocenters. The molecule has 0 fully saturated rings. The number of benzene rings is 2. The van der Waals surface area contributed by atoms with Crippen LogP contribution in [0.4, 0.5) is 10.1 Å². The van der Waals surface area contributed by atoms with Gasteiger partial charge in [0.2, 0.25) is 0 Å².